The van der Waals surface area contributed by atoms with Gasteiger partial charge in [0.15, 0.2) is 15.6 Å². The summed E-state index contributed by atoms with van der Waals surface area (Å²) in [6.45, 7) is 1.96. The molecule has 0 radical (unpaired) electrons. The molecule has 7 nitrogen and oxygen atoms in total. The fourth-order valence-electron chi connectivity index (χ4n) is 3.06. The largest absolute Gasteiger partial charge is 0.440 e. The molecule has 2 aromatic heterocycles. The van der Waals surface area contributed by atoms with E-state index >= 15 is 0 Å². The molecule has 1 fully saturated rings. The zero-order chi connectivity index (χ0) is 18.9. The standard InChI is InChI=1S/C18H19N3O4S2/c1-12(17-19-10-15(24-17)14-5-3-2-4-6-14)26-18-21-20-16(25-18)9-13-7-8-27(22,23)11-13/h2-6,10,12-13H,7-9,11H2,1H3/t12-,13-/m0/s1. The van der Waals surface area contributed by atoms with Crippen molar-refractivity contribution in [1.29, 1.82) is 0 Å². The number of benzene rings is 1. The second-order valence-corrected chi connectivity index (χ2v) is 10.1. The third-order valence-electron chi connectivity index (χ3n) is 4.45. The minimum atomic E-state index is -2.90. The topological polar surface area (TPSA) is 99.1 Å². The van der Waals surface area contributed by atoms with E-state index in [4.69, 9.17) is 8.83 Å². The molecular formula is C18H19N3O4S2. The zero-order valence-corrected chi connectivity index (χ0v) is 16.4. The summed E-state index contributed by atoms with van der Waals surface area (Å²) in [6, 6.07) is 9.79. The molecule has 0 unspecified atom stereocenters. The van der Waals surface area contributed by atoms with Crippen molar-refractivity contribution < 1.29 is 17.3 Å². The molecule has 27 heavy (non-hydrogen) atoms. The number of rotatable bonds is 6. The molecule has 1 aromatic carbocycles. The number of sulfone groups is 1. The average molecular weight is 406 g/mol. The fourth-order valence-corrected chi connectivity index (χ4v) is 5.67. The molecule has 3 aromatic rings. The molecule has 0 aliphatic carbocycles. The predicted octanol–water partition coefficient (Wildman–Crippen LogP) is 3.56. The molecule has 1 saturated heterocycles. The Bertz CT molecular complexity index is 1010. The van der Waals surface area contributed by atoms with Crippen molar-refractivity contribution in [3.63, 3.8) is 0 Å². The highest BCUT2D eigenvalue weighted by Crippen LogP contribution is 2.35. The fraction of sp³-hybridized carbons (Fsp3) is 0.389. The molecule has 1 aliphatic rings. The van der Waals surface area contributed by atoms with Crippen molar-refractivity contribution in [1.82, 2.24) is 15.2 Å². The van der Waals surface area contributed by atoms with E-state index in [-0.39, 0.29) is 22.7 Å². The molecule has 3 heterocycles. The van der Waals surface area contributed by atoms with Gasteiger partial charge in [-0.1, -0.05) is 42.1 Å². The number of oxazole rings is 1. The Kier molecular flexibility index (Phi) is 5.05. The lowest BCUT2D eigenvalue weighted by Crippen LogP contribution is -2.07. The Hall–Kier alpha value is -2.13. The van der Waals surface area contributed by atoms with Crippen LogP contribution in [0.1, 0.15) is 30.4 Å². The number of hydrogen-bond acceptors (Lipinski definition) is 8. The number of hydrogen-bond donors (Lipinski definition) is 0. The Morgan fingerprint density at radius 3 is 2.78 bits per heavy atom. The summed E-state index contributed by atoms with van der Waals surface area (Å²) < 4.78 is 34.6. The summed E-state index contributed by atoms with van der Waals surface area (Å²) in [7, 11) is -2.90. The van der Waals surface area contributed by atoms with Gasteiger partial charge < -0.3 is 8.83 Å². The molecule has 0 spiro atoms. The van der Waals surface area contributed by atoms with Crippen LogP contribution in [0.4, 0.5) is 0 Å². The van der Waals surface area contributed by atoms with Crippen LogP contribution in [0.2, 0.25) is 0 Å². The first-order chi connectivity index (χ1) is 13.0. The summed E-state index contributed by atoms with van der Waals surface area (Å²) in [6.07, 6.45) is 2.86. The molecule has 0 N–H and O–H groups in total. The zero-order valence-electron chi connectivity index (χ0n) is 14.7. The molecular weight excluding hydrogens is 386 g/mol. The first-order valence-electron chi connectivity index (χ1n) is 8.69. The van der Waals surface area contributed by atoms with E-state index in [2.05, 4.69) is 15.2 Å². The SMILES string of the molecule is C[C@H](Sc1nnc(C[C@@H]2CCS(=O)(=O)C2)o1)c1ncc(-c2ccccc2)o1. The summed E-state index contributed by atoms with van der Waals surface area (Å²) in [5, 5.41) is 8.43. The number of aromatic nitrogens is 3. The third kappa shape index (κ3) is 4.41. The Morgan fingerprint density at radius 1 is 1.22 bits per heavy atom. The van der Waals surface area contributed by atoms with Crippen LogP contribution in [0.3, 0.4) is 0 Å². The van der Waals surface area contributed by atoms with Crippen LogP contribution in [-0.4, -0.2) is 35.1 Å². The second-order valence-electron chi connectivity index (χ2n) is 6.62. The first kappa shape index (κ1) is 18.2. The molecule has 4 rings (SSSR count). The summed E-state index contributed by atoms with van der Waals surface area (Å²) in [5.41, 5.74) is 0.972. The summed E-state index contributed by atoms with van der Waals surface area (Å²) in [5.74, 6) is 2.29. The van der Waals surface area contributed by atoms with Crippen molar-refractivity contribution in [3.05, 3.63) is 48.3 Å². The van der Waals surface area contributed by atoms with Gasteiger partial charge in [0.2, 0.25) is 11.8 Å². The van der Waals surface area contributed by atoms with Crippen molar-refractivity contribution in [2.24, 2.45) is 5.92 Å². The third-order valence-corrected chi connectivity index (χ3v) is 7.20. The number of thioether (sulfide) groups is 1. The van der Waals surface area contributed by atoms with E-state index in [0.717, 1.165) is 5.56 Å². The first-order valence-corrected chi connectivity index (χ1v) is 11.4. The van der Waals surface area contributed by atoms with Gasteiger partial charge in [-0.05, 0) is 19.3 Å². The van der Waals surface area contributed by atoms with E-state index in [1.165, 1.54) is 11.8 Å². The van der Waals surface area contributed by atoms with Gasteiger partial charge in [-0.15, -0.1) is 10.2 Å². The minimum absolute atomic E-state index is 0.0610. The number of nitrogens with zero attached hydrogens (tertiary/aromatic N) is 3. The highest BCUT2D eigenvalue weighted by molar-refractivity contribution is 7.99. The van der Waals surface area contributed by atoms with Crippen LogP contribution in [-0.2, 0) is 16.3 Å². The predicted molar refractivity (Wildman–Crippen MR) is 101 cm³/mol. The lowest BCUT2D eigenvalue weighted by Gasteiger charge is -2.04. The smallest absolute Gasteiger partial charge is 0.277 e. The van der Waals surface area contributed by atoms with Gasteiger partial charge in [0.05, 0.1) is 23.0 Å². The summed E-state index contributed by atoms with van der Waals surface area (Å²) >= 11 is 1.37. The normalized spacial score (nSPS) is 20.0. The van der Waals surface area contributed by atoms with Gasteiger partial charge in [0, 0.05) is 12.0 Å². The van der Waals surface area contributed by atoms with Gasteiger partial charge >= 0.3 is 0 Å². The lowest BCUT2D eigenvalue weighted by molar-refractivity contribution is 0.388. The molecule has 142 valence electrons. The van der Waals surface area contributed by atoms with Gasteiger partial charge in [-0.25, -0.2) is 13.4 Å². The van der Waals surface area contributed by atoms with Crippen molar-refractivity contribution in [2.45, 2.75) is 30.2 Å². The van der Waals surface area contributed by atoms with Crippen LogP contribution < -0.4 is 0 Å². The Balaban J connectivity index is 1.38. The summed E-state index contributed by atoms with van der Waals surface area (Å²) in [4.78, 5) is 4.35. The van der Waals surface area contributed by atoms with Gasteiger partial charge in [0.1, 0.15) is 0 Å². The van der Waals surface area contributed by atoms with Gasteiger partial charge in [-0.2, -0.15) is 0 Å². The maximum Gasteiger partial charge on any atom is 0.277 e. The Morgan fingerprint density at radius 2 is 2.04 bits per heavy atom. The van der Waals surface area contributed by atoms with E-state index in [1.807, 2.05) is 37.3 Å². The highest BCUT2D eigenvalue weighted by atomic mass is 32.2. The molecule has 2 atom stereocenters. The maximum absolute atomic E-state index is 11.6. The minimum Gasteiger partial charge on any atom is -0.440 e. The van der Waals surface area contributed by atoms with Crippen LogP contribution in [0.5, 0.6) is 0 Å². The Labute approximate surface area is 161 Å². The average Bonchev–Trinajstić information content (AvgIpc) is 3.36. The molecule has 1 aliphatic heterocycles. The van der Waals surface area contributed by atoms with Gasteiger partial charge in [0.25, 0.3) is 5.22 Å². The molecule has 0 saturated carbocycles. The monoisotopic (exact) mass is 405 g/mol. The maximum atomic E-state index is 11.6. The van der Waals surface area contributed by atoms with Crippen LogP contribution in [0, 0.1) is 5.92 Å². The van der Waals surface area contributed by atoms with Crippen LogP contribution in [0.15, 0.2) is 50.6 Å². The van der Waals surface area contributed by atoms with E-state index < -0.39 is 9.84 Å². The van der Waals surface area contributed by atoms with E-state index in [0.29, 0.717) is 35.6 Å². The molecule has 9 heteroatoms. The van der Waals surface area contributed by atoms with E-state index in [9.17, 15) is 8.42 Å². The second kappa shape index (κ2) is 7.47. The van der Waals surface area contributed by atoms with Crippen LogP contribution in [0.25, 0.3) is 11.3 Å². The van der Waals surface area contributed by atoms with Crippen molar-refractivity contribution in [2.75, 3.05) is 11.5 Å². The van der Waals surface area contributed by atoms with Crippen LogP contribution >= 0.6 is 11.8 Å². The van der Waals surface area contributed by atoms with Crippen molar-refractivity contribution in [3.8, 4) is 11.3 Å². The highest BCUT2D eigenvalue weighted by Gasteiger charge is 2.29. The molecule has 0 amide bonds. The van der Waals surface area contributed by atoms with Gasteiger partial charge in [-0.3, -0.25) is 0 Å². The van der Waals surface area contributed by atoms with E-state index in [1.54, 1.807) is 6.20 Å². The van der Waals surface area contributed by atoms with Crippen molar-refractivity contribution >= 4 is 21.6 Å². The molecule has 0 bridgehead atoms. The quantitative estimate of drug-likeness (QED) is 0.574. The lowest BCUT2D eigenvalue weighted by atomic mass is 10.1.